The van der Waals surface area contributed by atoms with Crippen LogP contribution in [0.5, 0.6) is 0 Å². The molecule has 1 aliphatic rings. The number of pyridine rings is 1. The van der Waals surface area contributed by atoms with Gasteiger partial charge < -0.3 is 10.2 Å². The van der Waals surface area contributed by atoms with Crippen molar-refractivity contribution in [3.8, 4) is 11.3 Å². The van der Waals surface area contributed by atoms with Crippen molar-refractivity contribution in [1.82, 2.24) is 15.2 Å². The van der Waals surface area contributed by atoms with Crippen LogP contribution in [-0.2, 0) is 4.79 Å². The molecule has 1 N–H and O–H groups in total. The summed E-state index contributed by atoms with van der Waals surface area (Å²) in [4.78, 5) is 19.1. The molecule has 2 aromatic heterocycles. The van der Waals surface area contributed by atoms with Gasteiger partial charge in [-0.25, -0.2) is 0 Å². The van der Waals surface area contributed by atoms with Crippen molar-refractivity contribution in [3.63, 3.8) is 0 Å². The van der Waals surface area contributed by atoms with E-state index in [1.165, 1.54) is 0 Å². The second kappa shape index (κ2) is 8.39. The minimum Gasteiger partial charge on any atom is -0.354 e. The van der Waals surface area contributed by atoms with E-state index in [0.29, 0.717) is 6.54 Å². The Labute approximate surface area is 171 Å². The van der Waals surface area contributed by atoms with E-state index in [1.54, 1.807) is 12.4 Å². The normalized spacial score (nSPS) is 16.5. The molecular formula is C23H25N5O. The maximum absolute atomic E-state index is 12.8. The molecule has 1 fully saturated rings. The van der Waals surface area contributed by atoms with Gasteiger partial charge in [0.15, 0.2) is 5.82 Å². The fraction of sp³-hybridized carbons (Fsp3) is 0.304. The van der Waals surface area contributed by atoms with Crippen molar-refractivity contribution in [2.24, 2.45) is 5.92 Å². The van der Waals surface area contributed by atoms with E-state index in [0.717, 1.165) is 53.3 Å². The molecule has 148 valence electrons. The van der Waals surface area contributed by atoms with Crippen LogP contribution >= 0.6 is 0 Å². The van der Waals surface area contributed by atoms with Crippen LogP contribution < -0.4 is 10.2 Å². The first-order valence-corrected chi connectivity index (χ1v) is 9.97. The minimum absolute atomic E-state index is 0.0654. The highest BCUT2D eigenvalue weighted by molar-refractivity contribution is 5.93. The molecule has 0 radical (unpaired) electrons. The Morgan fingerprint density at radius 1 is 1.10 bits per heavy atom. The third-order valence-corrected chi connectivity index (χ3v) is 5.21. The van der Waals surface area contributed by atoms with Crippen LogP contribution in [0, 0.1) is 19.8 Å². The fourth-order valence-corrected chi connectivity index (χ4v) is 3.85. The van der Waals surface area contributed by atoms with E-state index < -0.39 is 0 Å². The van der Waals surface area contributed by atoms with Crippen molar-refractivity contribution < 1.29 is 4.79 Å². The number of aryl methyl sites for hydroxylation is 2. The van der Waals surface area contributed by atoms with Gasteiger partial charge in [0.05, 0.1) is 11.6 Å². The Kier molecular flexibility index (Phi) is 5.51. The van der Waals surface area contributed by atoms with Gasteiger partial charge in [0.2, 0.25) is 5.91 Å². The Balaban J connectivity index is 1.43. The molecule has 4 rings (SSSR count). The summed E-state index contributed by atoms with van der Waals surface area (Å²) in [7, 11) is 0. The third kappa shape index (κ3) is 4.59. The highest BCUT2D eigenvalue weighted by Gasteiger charge is 2.27. The molecule has 6 heteroatoms. The molecule has 0 bridgehead atoms. The lowest BCUT2D eigenvalue weighted by molar-refractivity contribution is -0.120. The number of piperidine rings is 1. The van der Waals surface area contributed by atoms with Gasteiger partial charge in [-0.05, 0) is 74.2 Å². The van der Waals surface area contributed by atoms with Crippen molar-refractivity contribution in [2.75, 3.05) is 23.3 Å². The van der Waals surface area contributed by atoms with E-state index >= 15 is 0 Å². The quantitative estimate of drug-likeness (QED) is 0.732. The Morgan fingerprint density at radius 3 is 2.62 bits per heavy atom. The zero-order valence-corrected chi connectivity index (χ0v) is 16.8. The molecule has 3 aromatic rings. The molecule has 1 saturated heterocycles. The summed E-state index contributed by atoms with van der Waals surface area (Å²) in [6.07, 6.45) is 5.35. The minimum atomic E-state index is -0.0654. The van der Waals surface area contributed by atoms with Crippen LogP contribution in [0.2, 0.25) is 0 Å². The van der Waals surface area contributed by atoms with Gasteiger partial charge in [-0.2, -0.15) is 0 Å². The first kappa shape index (κ1) is 19.1. The fourth-order valence-electron chi connectivity index (χ4n) is 3.85. The van der Waals surface area contributed by atoms with Crippen molar-refractivity contribution in [1.29, 1.82) is 0 Å². The number of nitrogens with one attached hydrogen (secondary N) is 1. The molecule has 1 unspecified atom stereocenters. The van der Waals surface area contributed by atoms with Crippen LogP contribution in [0.4, 0.5) is 11.5 Å². The number of hydrogen-bond donors (Lipinski definition) is 1. The summed E-state index contributed by atoms with van der Waals surface area (Å²) in [5.41, 5.74) is 4.90. The number of benzene rings is 1. The summed E-state index contributed by atoms with van der Waals surface area (Å²) in [6, 6.07) is 13.9. The lowest BCUT2D eigenvalue weighted by atomic mass is 9.97. The van der Waals surface area contributed by atoms with Crippen molar-refractivity contribution >= 4 is 17.4 Å². The summed E-state index contributed by atoms with van der Waals surface area (Å²) in [5.74, 6) is 0.811. The zero-order valence-electron chi connectivity index (χ0n) is 16.8. The van der Waals surface area contributed by atoms with Crippen LogP contribution in [0.15, 0.2) is 54.9 Å². The van der Waals surface area contributed by atoms with Gasteiger partial charge in [-0.1, -0.05) is 6.07 Å². The SMILES string of the molecule is Cc1cc(C)cc(NC(=O)C2CCCN(c3ccc(-c4cccnc4)nn3)C2)c1. The van der Waals surface area contributed by atoms with Crippen molar-refractivity contribution in [2.45, 2.75) is 26.7 Å². The second-order valence-electron chi connectivity index (χ2n) is 7.67. The highest BCUT2D eigenvalue weighted by atomic mass is 16.1. The molecule has 1 aliphatic heterocycles. The number of rotatable bonds is 4. The maximum Gasteiger partial charge on any atom is 0.229 e. The Bertz CT molecular complexity index is 968. The average Bonchev–Trinajstić information content (AvgIpc) is 2.74. The van der Waals surface area contributed by atoms with Crippen LogP contribution in [0.3, 0.4) is 0 Å². The lowest BCUT2D eigenvalue weighted by Crippen LogP contribution is -2.41. The number of hydrogen-bond acceptors (Lipinski definition) is 5. The molecule has 0 spiro atoms. The summed E-state index contributed by atoms with van der Waals surface area (Å²) >= 11 is 0. The van der Waals surface area contributed by atoms with Crippen LogP contribution in [0.1, 0.15) is 24.0 Å². The van der Waals surface area contributed by atoms with Gasteiger partial charge in [-0.3, -0.25) is 9.78 Å². The second-order valence-corrected chi connectivity index (χ2v) is 7.67. The van der Waals surface area contributed by atoms with E-state index in [1.807, 2.05) is 50.2 Å². The van der Waals surface area contributed by atoms with E-state index in [4.69, 9.17) is 0 Å². The van der Waals surface area contributed by atoms with Crippen LogP contribution in [0.25, 0.3) is 11.3 Å². The number of anilines is 2. The van der Waals surface area contributed by atoms with E-state index in [2.05, 4.69) is 31.5 Å². The molecule has 6 nitrogen and oxygen atoms in total. The van der Waals surface area contributed by atoms with Gasteiger partial charge in [0.1, 0.15) is 0 Å². The highest BCUT2D eigenvalue weighted by Crippen LogP contribution is 2.24. The topological polar surface area (TPSA) is 71.0 Å². The first-order valence-electron chi connectivity index (χ1n) is 9.97. The number of amides is 1. The molecule has 0 aliphatic carbocycles. The predicted molar refractivity (Wildman–Crippen MR) is 115 cm³/mol. The van der Waals surface area contributed by atoms with E-state index in [-0.39, 0.29) is 11.8 Å². The lowest BCUT2D eigenvalue weighted by Gasteiger charge is -2.32. The maximum atomic E-state index is 12.8. The number of carbonyl (C=O) groups excluding carboxylic acids is 1. The number of aromatic nitrogens is 3. The standard InChI is InChI=1S/C23H25N5O/c1-16-11-17(2)13-20(12-16)25-23(29)19-6-4-10-28(15-19)22-8-7-21(26-27-22)18-5-3-9-24-14-18/h3,5,7-9,11-14,19H,4,6,10,15H2,1-2H3,(H,25,29). The molecule has 1 atom stereocenters. The summed E-state index contributed by atoms with van der Waals surface area (Å²) in [6.45, 7) is 5.61. The molecule has 0 saturated carbocycles. The van der Waals surface area contributed by atoms with Gasteiger partial charge in [-0.15, -0.1) is 10.2 Å². The molecule has 29 heavy (non-hydrogen) atoms. The Hall–Kier alpha value is -3.28. The van der Waals surface area contributed by atoms with E-state index in [9.17, 15) is 4.79 Å². The predicted octanol–water partition coefficient (Wildman–Crippen LogP) is 4.01. The average molecular weight is 387 g/mol. The molecule has 1 amide bonds. The number of carbonyl (C=O) groups is 1. The van der Waals surface area contributed by atoms with Gasteiger partial charge >= 0.3 is 0 Å². The van der Waals surface area contributed by atoms with Gasteiger partial charge in [0.25, 0.3) is 0 Å². The summed E-state index contributed by atoms with van der Waals surface area (Å²) in [5, 5.41) is 11.8. The molecule has 1 aromatic carbocycles. The number of nitrogens with zero attached hydrogens (tertiary/aromatic N) is 4. The third-order valence-electron chi connectivity index (χ3n) is 5.21. The Morgan fingerprint density at radius 2 is 1.93 bits per heavy atom. The molecular weight excluding hydrogens is 362 g/mol. The van der Waals surface area contributed by atoms with Gasteiger partial charge in [0, 0.05) is 36.7 Å². The monoisotopic (exact) mass is 387 g/mol. The van der Waals surface area contributed by atoms with Crippen LogP contribution in [-0.4, -0.2) is 34.2 Å². The van der Waals surface area contributed by atoms with Crippen molar-refractivity contribution in [3.05, 3.63) is 66.0 Å². The molecule has 3 heterocycles. The zero-order chi connectivity index (χ0) is 20.2. The smallest absolute Gasteiger partial charge is 0.229 e. The summed E-state index contributed by atoms with van der Waals surface area (Å²) < 4.78 is 0. The first-order chi connectivity index (χ1) is 14.1. The largest absolute Gasteiger partial charge is 0.354 e.